The van der Waals surface area contributed by atoms with Crippen molar-refractivity contribution < 1.29 is 28.6 Å². The minimum Gasteiger partial charge on any atom is -0.459 e. The average Bonchev–Trinajstić information content (AvgIpc) is 3.34. The second-order valence-electron chi connectivity index (χ2n) is 13.4. The topological polar surface area (TPSA) is 78.9 Å². The van der Waals surface area contributed by atoms with Crippen LogP contribution >= 0.6 is 0 Å². The van der Waals surface area contributed by atoms with Gasteiger partial charge >= 0.3 is 17.9 Å². The number of ether oxygens (including phenoxy) is 3. The summed E-state index contributed by atoms with van der Waals surface area (Å²) < 4.78 is 18.1. The Labute approximate surface area is 254 Å². The van der Waals surface area contributed by atoms with Gasteiger partial charge in [-0.15, -0.1) is 0 Å². The lowest BCUT2D eigenvalue weighted by Gasteiger charge is -2.53. The molecule has 6 heteroatoms. The molecule has 0 aliphatic heterocycles. The Bertz CT molecular complexity index is 1470. The third-order valence-corrected chi connectivity index (χ3v) is 10.9. The zero-order valence-corrected chi connectivity index (χ0v) is 25.7. The van der Waals surface area contributed by atoms with Gasteiger partial charge in [-0.1, -0.05) is 55.8 Å². The summed E-state index contributed by atoms with van der Waals surface area (Å²) in [6, 6.07) is 18.3. The van der Waals surface area contributed by atoms with Gasteiger partial charge in [0.15, 0.2) is 0 Å². The van der Waals surface area contributed by atoms with Crippen LogP contribution in [-0.4, -0.2) is 30.1 Å². The van der Waals surface area contributed by atoms with Crippen molar-refractivity contribution in [1.29, 1.82) is 0 Å². The third-order valence-electron chi connectivity index (χ3n) is 10.9. The summed E-state index contributed by atoms with van der Waals surface area (Å²) in [4.78, 5) is 38.2. The van der Waals surface area contributed by atoms with Crippen LogP contribution in [0.3, 0.4) is 0 Å². The van der Waals surface area contributed by atoms with Gasteiger partial charge in [0.05, 0.1) is 11.1 Å². The van der Waals surface area contributed by atoms with E-state index in [9.17, 15) is 14.4 Å². The smallest absolute Gasteiger partial charge is 0.338 e. The van der Waals surface area contributed by atoms with Crippen molar-refractivity contribution in [2.45, 2.75) is 91.3 Å². The number of carbonyl (C=O) groups excluding carboxylic acids is 3. The first-order valence-corrected chi connectivity index (χ1v) is 15.8. The van der Waals surface area contributed by atoms with Gasteiger partial charge in [-0.3, -0.25) is 4.79 Å². The monoisotopic (exact) mass is 582 g/mol. The molecule has 0 saturated heterocycles. The quantitative estimate of drug-likeness (QED) is 0.254. The Hall–Kier alpha value is -3.67. The Morgan fingerprint density at radius 3 is 2.14 bits per heavy atom. The van der Waals surface area contributed by atoms with E-state index >= 15 is 0 Å². The lowest BCUT2D eigenvalue weighted by molar-refractivity contribution is -0.137. The van der Waals surface area contributed by atoms with Crippen molar-refractivity contribution in [2.24, 2.45) is 22.7 Å². The summed E-state index contributed by atoms with van der Waals surface area (Å²) in [5, 5.41) is 0. The maximum absolute atomic E-state index is 12.9. The van der Waals surface area contributed by atoms with E-state index in [1.165, 1.54) is 23.6 Å². The van der Waals surface area contributed by atoms with Gasteiger partial charge in [-0.25, -0.2) is 9.59 Å². The van der Waals surface area contributed by atoms with E-state index in [0.717, 1.165) is 50.7 Å². The maximum Gasteiger partial charge on any atom is 0.338 e. The summed E-state index contributed by atoms with van der Waals surface area (Å²) in [5.41, 5.74) is 4.73. The van der Waals surface area contributed by atoms with Crippen LogP contribution in [0.5, 0.6) is 0 Å². The van der Waals surface area contributed by atoms with Crippen molar-refractivity contribution >= 4 is 17.9 Å². The highest BCUT2D eigenvalue weighted by molar-refractivity contribution is 5.90. The van der Waals surface area contributed by atoms with E-state index < -0.39 is 0 Å². The van der Waals surface area contributed by atoms with Crippen molar-refractivity contribution in [3.05, 3.63) is 94.3 Å². The molecular formula is C37H42O6. The fraction of sp³-hybridized carbons (Fsp3) is 0.486. The summed E-state index contributed by atoms with van der Waals surface area (Å²) in [6.07, 6.45) is 6.47. The highest BCUT2D eigenvalue weighted by Crippen LogP contribution is 2.65. The minimum absolute atomic E-state index is 0.119. The molecule has 0 aromatic heterocycles. The number of carbonyl (C=O) groups is 3. The Balaban J connectivity index is 1.25. The Kier molecular flexibility index (Phi) is 7.82. The molecule has 0 spiro atoms. The summed E-state index contributed by atoms with van der Waals surface area (Å²) in [7, 11) is 0. The van der Waals surface area contributed by atoms with Gasteiger partial charge in [0, 0.05) is 24.7 Å². The fourth-order valence-electron chi connectivity index (χ4n) is 8.79. The molecule has 6 rings (SSSR count). The molecule has 6 atom stereocenters. The van der Waals surface area contributed by atoms with E-state index in [1.54, 1.807) is 24.3 Å². The predicted molar refractivity (Wildman–Crippen MR) is 163 cm³/mol. The molecule has 2 aromatic carbocycles. The van der Waals surface area contributed by atoms with E-state index in [-0.39, 0.29) is 46.9 Å². The Morgan fingerprint density at radius 1 is 0.837 bits per heavy atom. The third kappa shape index (κ3) is 5.34. The van der Waals surface area contributed by atoms with Crippen LogP contribution in [0, 0.1) is 22.7 Å². The molecule has 0 N–H and O–H groups in total. The van der Waals surface area contributed by atoms with Crippen LogP contribution in [0.2, 0.25) is 0 Å². The predicted octanol–water partition coefficient (Wildman–Crippen LogP) is 7.99. The lowest BCUT2D eigenvalue weighted by atomic mass is 9.52. The molecule has 6 nitrogen and oxygen atoms in total. The van der Waals surface area contributed by atoms with Crippen molar-refractivity contribution in [3.63, 3.8) is 0 Å². The molecule has 4 aliphatic rings. The second-order valence-corrected chi connectivity index (χ2v) is 13.4. The van der Waals surface area contributed by atoms with Gasteiger partial charge in [-0.2, -0.15) is 0 Å². The molecule has 0 unspecified atom stereocenters. The van der Waals surface area contributed by atoms with Crippen molar-refractivity contribution in [3.8, 4) is 0 Å². The standard InChI is InChI=1S/C37H42O6/c1-23(41-34(39)25-11-7-5-8-12-25)30-17-18-31-29-16-15-27-21-28(43-35(40)26-13-9-6-10-14-26)19-20-36(27,3)33(29)32(42-24(2)38)22-37(30,31)4/h5-14,23,27-28,30H,15-22H2,1-4H3/t23-,27+,28+,30+,36-,37-/m0/s1. The molecule has 3 saturated carbocycles. The van der Waals surface area contributed by atoms with Gasteiger partial charge in [0.25, 0.3) is 0 Å². The number of allylic oxidation sites excluding steroid dienone is 4. The van der Waals surface area contributed by atoms with Crippen LogP contribution in [0.25, 0.3) is 0 Å². The number of fused-ring (bicyclic) bond motifs is 4. The molecule has 226 valence electrons. The normalized spacial score (nSPS) is 30.5. The van der Waals surface area contributed by atoms with E-state index in [0.29, 0.717) is 23.5 Å². The Morgan fingerprint density at radius 2 is 1.49 bits per heavy atom. The average molecular weight is 583 g/mol. The van der Waals surface area contributed by atoms with Gasteiger partial charge in [0.1, 0.15) is 18.0 Å². The first-order chi connectivity index (χ1) is 20.6. The lowest BCUT2D eigenvalue weighted by Crippen LogP contribution is -2.45. The van der Waals surface area contributed by atoms with Crippen LogP contribution in [-0.2, 0) is 19.0 Å². The number of hydrogen-bond donors (Lipinski definition) is 0. The first kappa shape index (κ1) is 29.4. The summed E-state index contributed by atoms with van der Waals surface area (Å²) in [6.45, 7) is 8.08. The molecule has 0 bridgehead atoms. The van der Waals surface area contributed by atoms with Gasteiger partial charge in [-0.05, 0) is 98.6 Å². The SMILES string of the molecule is CC(=O)OC1=C2C(=C3CC[C@H]([C@H](C)OC(=O)c4ccccc4)[C@]3(C)C1)CC[C@@H]1C[C@H](OC(=O)c3ccccc3)CC[C@]21C. The van der Waals surface area contributed by atoms with E-state index in [4.69, 9.17) is 14.2 Å². The zero-order valence-electron chi connectivity index (χ0n) is 25.7. The molecule has 43 heavy (non-hydrogen) atoms. The minimum atomic E-state index is -0.303. The van der Waals surface area contributed by atoms with Crippen LogP contribution in [0.4, 0.5) is 0 Å². The number of rotatable bonds is 6. The molecule has 0 heterocycles. The molecule has 4 aliphatic carbocycles. The number of hydrogen-bond acceptors (Lipinski definition) is 6. The van der Waals surface area contributed by atoms with Crippen LogP contribution in [0.15, 0.2) is 83.1 Å². The summed E-state index contributed by atoms with van der Waals surface area (Å²) in [5.74, 6) is 0.362. The van der Waals surface area contributed by atoms with Gasteiger partial charge in [0.2, 0.25) is 0 Å². The second kappa shape index (κ2) is 11.4. The van der Waals surface area contributed by atoms with Crippen molar-refractivity contribution in [2.75, 3.05) is 0 Å². The van der Waals surface area contributed by atoms with Crippen molar-refractivity contribution in [1.82, 2.24) is 0 Å². The molecule has 3 fully saturated rings. The fourth-order valence-corrected chi connectivity index (χ4v) is 8.79. The maximum atomic E-state index is 12.9. The van der Waals surface area contributed by atoms with Gasteiger partial charge < -0.3 is 14.2 Å². The van der Waals surface area contributed by atoms with E-state index in [2.05, 4.69) is 13.8 Å². The molecule has 0 amide bonds. The van der Waals surface area contributed by atoms with Crippen LogP contribution < -0.4 is 0 Å². The van der Waals surface area contributed by atoms with Crippen LogP contribution in [0.1, 0.15) is 99.8 Å². The van der Waals surface area contributed by atoms with E-state index in [1.807, 2.05) is 43.3 Å². The number of benzene rings is 2. The largest absolute Gasteiger partial charge is 0.459 e. The molecular weight excluding hydrogens is 540 g/mol. The highest BCUT2D eigenvalue weighted by atomic mass is 16.5. The number of esters is 3. The first-order valence-electron chi connectivity index (χ1n) is 15.8. The summed E-state index contributed by atoms with van der Waals surface area (Å²) >= 11 is 0. The zero-order chi connectivity index (χ0) is 30.4. The highest BCUT2D eigenvalue weighted by Gasteiger charge is 2.56. The molecule has 0 radical (unpaired) electrons. The molecule has 2 aromatic rings.